The van der Waals surface area contributed by atoms with E-state index in [1.54, 1.807) is 12.3 Å². The van der Waals surface area contributed by atoms with Crippen LogP contribution in [0.3, 0.4) is 0 Å². The van der Waals surface area contributed by atoms with Crippen LogP contribution < -0.4 is 11.4 Å². The summed E-state index contributed by atoms with van der Waals surface area (Å²) in [6.45, 7) is 0.281. The number of nitrogens with two attached hydrogens (primary N) is 1. The van der Waals surface area contributed by atoms with Gasteiger partial charge >= 0.3 is 5.69 Å². The highest BCUT2D eigenvalue weighted by atomic mass is 16.6. The fourth-order valence-electron chi connectivity index (χ4n) is 4.34. The molecule has 34 heavy (non-hydrogen) atoms. The molecule has 0 radical (unpaired) electrons. The summed E-state index contributed by atoms with van der Waals surface area (Å²) < 4.78 is 14.3. The molecule has 3 aromatic carbocycles. The van der Waals surface area contributed by atoms with Crippen LogP contribution in [0.25, 0.3) is 0 Å². The number of hydrogen-bond donors (Lipinski definition) is 1. The van der Waals surface area contributed by atoms with Gasteiger partial charge in [0, 0.05) is 6.20 Å². The van der Waals surface area contributed by atoms with E-state index < -0.39 is 17.5 Å². The average Bonchev–Trinajstić information content (AvgIpc) is 3.35. The van der Waals surface area contributed by atoms with Crippen molar-refractivity contribution in [3.63, 3.8) is 0 Å². The van der Waals surface area contributed by atoms with E-state index in [2.05, 4.69) is 41.4 Å². The van der Waals surface area contributed by atoms with Gasteiger partial charge in [-0.2, -0.15) is 4.98 Å². The van der Waals surface area contributed by atoms with Crippen LogP contribution >= 0.6 is 0 Å². The third-order valence-electron chi connectivity index (χ3n) is 5.94. The van der Waals surface area contributed by atoms with Crippen molar-refractivity contribution in [1.82, 2.24) is 9.55 Å². The highest BCUT2D eigenvalue weighted by molar-refractivity contribution is 5.47. The van der Waals surface area contributed by atoms with Crippen molar-refractivity contribution in [2.24, 2.45) is 0 Å². The van der Waals surface area contributed by atoms with Gasteiger partial charge in [0.1, 0.15) is 17.5 Å². The van der Waals surface area contributed by atoms with E-state index in [0.29, 0.717) is 0 Å². The summed E-state index contributed by atoms with van der Waals surface area (Å²) in [5.41, 5.74) is 7.38. The lowest BCUT2D eigenvalue weighted by Crippen LogP contribution is -2.36. The number of rotatable bonds is 7. The molecular weight excluding hydrogens is 426 g/mol. The Bertz CT molecular complexity index is 1220. The molecular formula is C28H25N3O3. The fourth-order valence-corrected chi connectivity index (χ4v) is 4.34. The fraction of sp³-hybridized carbons (Fsp3) is 0.143. The highest BCUT2D eigenvalue weighted by Gasteiger charge is 2.38. The summed E-state index contributed by atoms with van der Waals surface area (Å²) in [5.74, 6) is 0.182. The number of ether oxygens (including phenoxy) is 2. The van der Waals surface area contributed by atoms with E-state index in [1.807, 2.05) is 66.7 Å². The second-order valence-corrected chi connectivity index (χ2v) is 8.08. The first kappa shape index (κ1) is 21.8. The zero-order valence-corrected chi connectivity index (χ0v) is 18.5. The van der Waals surface area contributed by atoms with Crippen LogP contribution in [0.1, 0.15) is 22.9 Å². The van der Waals surface area contributed by atoms with E-state index in [0.717, 1.165) is 16.7 Å². The van der Waals surface area contributed by atoms with Gasteiger partial charge in [-0.25, -0.2) is 4.79 Å². The molecule has 6 heteroatoms. The molecule has 6 nitrogen and oxygen atoms in total. The minimum atomic E-state index is -0.835. The Morgan fingerprint density at radius 1 is 0.824 bits per heavy atom. The summed E-state index contributed by atoms with van der Waals surface area (Å²) in [6, 6.07) is 32.1. The minimum absolute atomic E-state index is 0.182. The van der Waals surface area contributed by atoms with Gasteiger partial charge in [-0.3, -0.25) is 4.57 Å². The van der Waals surface area contributed by atoms with E-state index >= 15 is 0 Å². The first-order valence-corrected chi connectivity index (χ1v) is 11.2. The maximum Gasteiger partial charge on any atom is 0.351 e. The molecule has 1 aliphatic rings. The van der Waals surface area contributed by atoms with Gasteiger partial charge in [0.25, 0.3) is 0 Å². The molecule has 170 valence electrons. The predicted octanol–water partition coefficient (Wildman–Crippen LogP) is 4.29. The molecule has 0 bridgehead atoms. The first-order valence-electron chi connectivity index (χ1n) is 11.2. The molecule has 0 unspecified atom stereocenters. The summed E-state index contributed by atoms with van der Waals surface area (Å²) in [4.78, 5) is 16.0. The zero-order valence-electron chi connectivity index (χ0n) is 18.5. The van der Waals surface area contributed by atoms with Crippen molar-refractivity contribution in [3.8, 4) is 0 Å². The Labute approximate surface area is 197 Å². The molecule has 0 spiro atoms. The topological polar surface area (TPSA) is 79.4 Å². The molecule has 2 N–H and O–H groups in total. The Hall–Kier alpha value is -4.00. The maximum atomic E-state index is 12.2. The van der Waals surface area contributed by atoms with Crippen molar-refractivity contribution in [2.45, 2.75) is 17.9 Å². The standard InChI is InChI=1S/C28H25N3O3/c29-25-18-19-31(27(32)30-25)26-17-16-24(34-26)20-33-28(21-10-4-1-5-11-21,22-12-6-2-7-13-22)23-14-8-3-9-15-23/h1-19,24,26H,20H2,(H2,29,30,32)/t24-,26+/m0/s1. The summed E-state index contributed by atoms with van der Waals surface area (Å²) in [7, 11) is 0. The number of anilines is 1. The monoisotopic (exact) mass is 451 g/mol. The van der Waals surface area contributed by atoms with Crippen LogP contribution in [0.5, 0.6) is 0 Å². The number of nitrogen functional groups attached to an aromatic ring is 1. The molecule has 0 amide bonds. The van der Waals surface area contributed by atoms with Gasteiger partial charge in [0.05, 0.1) is 6.61 Å². The maximum absolute atomic E-state index is 12.2. The normalized spacial score (nSPS) is 17.6. The highest BCUT2D eigenvalue weighted by Crippen LogP contribution is 2.41. The smallest absolute Gasteiger partial charge is 0.351 e. The minimum Gasteiger partial charge on any atom is -0.383 e. The quantitative estimate of drug-likeness (QED) is 0.335. The molecule has 1 aliphatic heterocycles. The first-order chi connectivity index (χ1) is 16.7. The molecule has 5 rings (SSSR count). The molecule has 2 heterocycles. The molecule has 0 saturated heterocycles. The van der Waals surface area contributed by atoms with Gasteiger partial charge in [0.15, 0.2) is 6.23 Å². The Morgan fingerprint density at radius 3 is 1.85 bits per heavy atom. The lowest BCUT2D eigenvalue weighted by Gasteiger charge is -2.36. The molecule has 2 atom stereocenters. The molecule has 0 aliphatic carbocycles. The van der Waals surface area contributed by atoms with E-state index in [1.165, 1.54) is 4.57 Å². The third kappa shape index (κ3) is 4.17. The predicted molar refractivity (Wildman–Crippen MR) is 131 cm³/mol. The molecule has 0 saturated carbocycles. The van der Waals surface area contributed by atoms with Crippen LogP contribution in [-0.2, 0) is 15.1 Å². The van der Waals surface area contributed by atoms with Crippen molar-refractivity contribution < 1.29 is 9.47 Å². The second-order valence-electron chi connectivity index (χ2n) is 8.08. The van der Waals surface area contributed by atoms with Crippen LogP contribution in [0.15, 0.2) is 120 Å². The van der Waals surface area contributed by atoms with Gasteiger partial charge < -0.3 is 15.2 Å². The Balaban J connectivity index is 1.48. The van der Waals surface area contributed by atoms with Crippen LogP contribution in [-0.4, -0.2) is 22.3 Å². The van der Waals surface area contributed by atoms with E-state index in [4.69, 9.17) is 15.2 Å². The van der Waals surface area contributed by atoms with Crippen LogP contribution in [0.2, 0.25) is 0 Å². The Kier molecular flexibility index (Phi) is 6.08. The molecule has 1 aromatic heterocycles. The number of hydrogen-bond acceptors (Lipinski definition) is 5. The summed E-state index contributed by atoms with van der Waals surface area (Å²) in [5, 5.41) is 0. The number of benzene rings is 3. The van der Waals surface area contributed by atoms with Gasteiger partial charge in [0.2, 0.25) is 0 Å². The van der Waals surface area contributed by atoms with Gasteiger partial charge in [-0.15, -0.1) is 0 Å². The van der Waals surface area contributed by atoms with E-state index in [-0.39, 0.29) is 18.5 Å². The zero-order chi connectivity index (χ0) is 23.4. The van der Waals surface area contributed by atoms with Crippen molar-refractivity contribution in [3.05, 3.63) is 143 Å². The van der Waals surface area contributed by atoms with Crippen molar-refractivity contribution in [2.75, 3.05) is 12.3 Å². The van der Waals surface area contributed by atoms with Gasteiger partial charge in [-0.1, -0.05) is 97.1 Å². The second kappa shape index (κ2) is 9.47. The lowest BCUT2D eigenvalue weighted by atomic mass is 9.80. The lowest BCUT2D eigenvalue weighted by molar-refractivity contribution is -0.0685. The van der Waals surface area contributed by atoms with Crippen molar-refractivity contribution in [1.29, 1.82) is 0 Å². The van der Waals surface area contributed by atoms with Gasteiger partial charge in [-0.05, 0) is 28.8 Å². The van der Waals surface area contributed by atoms with E-state index in [9.17, 15) is 4.79 Å². The van der Waals surface area contributed by atoms with Crippen LogP contribution in [0.4, 0.5) is 5.82 Å². The molecule has 4 aromatic rings. The van der Waals surface area contributed by atoms with Crippen LogP contribution in [0, 0.1) is 0 Å². The third-order valence-corrected chi connectivity index (χ3v) is 5.94. The summed E-state index contributed by atoms with van der Waals surface area (Å²) >= 11 is 0. The average molecular weight is 452 g/mol. The number of aromatic nitrogens is 2. The van der Waals surface area contributed by atoms with Crippen molar-refractivity contribution >= 4 is 5.82 Å². The SMILES string of the molecule is Nc1ccn([C@H]2C=C[C@@H](COC(c3ccccc3)(c3ccccc3)c3ccccc3)O2)c(=O)n1. The number of nitrogens with zero attached hydrogens (tertiary/aromatic N) is 2. The molecule has 0 fully saturated rings. The largest absolute Gasteiger partial charge is 0.383 e. The Morgan fingerprint density at radius 2 is 1.35 bits per heavy atom. The summed E-state index contributed by atoms with van der Waals surface area (Å²) in [6.07, 6.45) is 4.44.